The lowest BCUT2D eigenvalue weighted by Gasteiger charge is -2.56. The maximum Gasteiger partial charge on any atom is 0.325 e. The SMILES string of the molecule is COC(=O)C1(C(=O)OC)C[C@@H](c2ccc(F)cc2)N(C(=O)c2ccccc2)N2c3ccccc3C=C[C@@H]21. The third-order valence-corrected chi connectivity index (χ3v) is 7.04. The molecule has 8 heteroatoms. The van der Waals surface area contributed by atoms with Gasteiger partial charge in [-0.2, -0.15) is 0 Å². The van der Waals surface area contributed by atoms with Crippen LogP contribution in [0, 0.1) is 11.2 Å². The van der Waals surface area contributed by atoms with Gasteiger partial charge in [0.15, 0.2) is 5.41 Å². The summed E-state index contributed by atoms with van der Waals surface area (Å²) in [5, 5.41) is 3.23. The molecule has 0 unspecified atom stereocenters. The van der Waals surface area contributed by atoms with E-state index < -0.39 is 35.3 Å². The summed E-state index contributed by atoms with van der Waals surface area (Å²) in [6.45, 7) is 0. The fourth-order valence-electron chi connectivity index (χ4n) is 5.30. The van der Waals surface area contributed by atoms with Gasteiger partial charge in [0.05, 0.1) is 32.0 Å². The predicted molar refractivity (Wildman–Crippen MR) is 135 cm³/mol. The van der Waals surface area contributed by atoms with Gasteiger partial charge in [0, 0.05) is 12.0 Å². The number of methoxy groups -OCH3 is 2. The summed E-state index contributed by atoms with van der Waals surface area (Å²) in [7, 11) is 2.43. The van der Waals surface area contributed by atoms with E-state index in [2.05, 4.69) is 0 Å². The number of carbonyl (C=O) groups is 3. The van der Waals surface area contributed by atoms with Crippen molar-refractivity contribution in [2.24, 2.45) is 5.41 Å². The van der Waals surface area contributed by atoms with E-state index in [0.29, 0.717) is 16.8 Å². The Labute approximate surface area is 213 Å². The number of anilines is 1. The van der Waals surface area contributed by atoms with Gasteiger partial charge in [-0.15, -0.1) is 0 Å². The quantitative estimate of drug-likeness (QED) is 0.386. The Morgan fingerprint density at radius 3 is 2.14 bits per heavy atom. The molecule has 2 heterocycles. The Morgan fingerprint density at radius 1 is 0.865 bits per heavy atom. The molecule has 3 aromatic carbocycles. The third-order valence-electron chi connectivity index (χ3n) is 7.04. The second-order valence-electron chi connectivity index (χ2n) is 8.95. The number of halogens is 1. The second kappa shape index (κ2) is 9.54. The number of hydrazine groups is 1. The second-order valence-corrected chi connectivity index (χ2v) is 8.95. The van der Waals surface area contributed by atoms with Crippen molar-refractivity contribution >= 4 is 29.6 Å². The van der Waals surface area contributed by atoms with Crippen LogP contribution in [0.3, 0.4) is 0 Å². The molecule has 2 aliphatic heterocycles. The molecule has 5 rings (SSSR count). The number of hydrogen-bond donors (Lipinski definition) is 0. The summed E-state index contributed by atoms with van der Waals surface area (Å²) in [5.41, 5.74) is 0.591. The lowest BCUT2D eigenvalue weighted by molar-refractivity contribution is -0.175. The summed E-state index contributed by atoms with van der Waals surface area (Å²) in [5.74, 6) is -2.35. The Hall–Kier alpha value is -4.46. The van der Waals surface area contributed by atoms with E-state index in [-0.39, 0.29) is 12.3 Å². The van der Waals surface area contributed by atoms with Gasteiger partial charge < -0.3 is 9.47 Å². The number of esters is 2. The van der Waals surface area contributed by atoms with E-state index >= 15 is 0 Å². The lowest BCUT2D eigenvalue weighted by Crippen LogP contribution is -2.68. The van der Waals surface area contributed by atoms with E-state index in [1.54, 1.807) is 52.5 Å². The predicted octanol–water partition coefficient (Wildman–Crippen LogP) is 4.56. The number of amides is 1. The smallest absolute Gasteiger partial charge is 0.325 e. The van der Waals surface area contributed by atoms with Crippen molar-refractivity contribution in [1.29, 1.82) is 0 Å². The number of carbonyl (C=O) groups excluding carboxylic acids is 3. The number of hydrogen-bond acceptors (Lipinski definition) is 6. The molecule has 0 radical (unpaired) electrons. The van der Waals surface area contributed by atoms with Crippen LogP contribution in [0.2, 0.25) is 0 Å². The Balaban J connectivity index is 1.80. The molecule has 0 spiro atoms. The molecular formula is C29H25FN2O5. The monoisotopic (exact) mass is 500 g/mol. The minimum atomic E-state index is -1.81. The minimum absolute atomic E-state index is 0.135. The molecule has 0 bridgehead atoms. The molecule has 3 aromatic rings. The molecule has 0 saturated carbocycles. The average Bonchev–Trinajstić information content (AvgIpc) is 2.95. The van der Waals surface area contributed by atoms with Crippen LogP contribution < -0.4 is 5.01 Å². The lowest BCUT2D eigenvalue weighted by atomic mass is 9.70. The highest BCUT2D eigenvalue weighted by Gasteiger charge is 2.63. The fourth-order valence-corrected chi connectivity index (χ4v) is 5.30. The van der Waals surface area contributed by atoms with Crippen LogP contribution in [0.1, 0.15) is 33.9 Å². The van der Waals surface area contributed by atoms with Crippen LogP contribution in [0.25, 0.3) is 6.08 Å². The number of benzene rings is 3. The number of rotatable bonds is 4. The van der Waals surface area contributed by atoms with Gasteiger partial charge in [0.25, 0.3) is 5.91 Å². The molecular weight excluding hydrogens is 475 g/mol. The van der Waals surface area contributed by atoms with Crippen molar-refractivity contribution < 1.29 is 28.2 Å². The first-order valence-corrected chi connectivity index (χ1v) is 11.8. The van der Waals surface area contributed by atoms with E-state index in [4.69, 9.17) is 9.47 Å². The number of nitrogens with zero attached hydrogens (tertiary/aromatic N) is 2. The Morgan fingerprint density at radius 2 is 1.49 bits per heavy atom. The summed E-state index contributed by atoms with van der Waals surface area (Å²) >= 11 is 0. The number of ether oxygens (including phenoxy) is 2. The van der Waals surface area contributed by atoms with Crippen LogP contribution in [0.4, 0.5) is 10.1 Å². The summed E-state index contributed by atoms with van der Waals surface area (Å²) in [6.07, 6.45) is 3.41. The molecule has 1 fully saturated rings. The highest BCUT2D eigenvalue weighted by atomic mass is 19.1. The zero-order chi connectivity index (χ0) is 26.2. The maximum atomic E-state index is 14.2. The zero-order valence-corrected chi connectivity index (χ0v) is 20.3. The third kappa shape index (κ3) is 3.85. The first-order chi connectivity index (χ1) is 17.9. The van der Waals surface area contributed by atoms with Gasteiger partial charge in [-0.25, -0.2) is 9.40 Å². The van der Waals surface area contributed by atoms with Crippen LogP contribution >= 0.6 is 0 Å². The van der Waals surface area contributed by atoms with Crippen LogP contribution in [-0.4, -0.2) is 43.1 Å². The topological polar surface area (TPSA) is 76.2 Å². The molecule has 1 saturated heterocycles. The molecule has 37 heavy (non-hydrogen) atoms. The van der Waals surface area contributed by atoms with Crippen molar-refractivity contribution in [3.8, 4) is 0 Å². The molecule has 0 N–H and O–H groups in total. The van der Waals surface area contributed by atoms with Crippen molar-refractivity contribution in [3.63, 3.8) is 0 Å². The highest BCUT2D eigenvalue weighted by Crippen LogP contribution is 2.51. The van der Waals surface area contributed by atoms with Crippen molar-refractivity contribution in [2.45, 2.75) is 18.5 Å². The van der Waals surface area contributed by atoms with Crippen molar-refractivity contribution in [2.75, 3.05) is 19.2 Å². The van der Waals surface area contributed by atoms with Crippen molar-refractivity contribution in [3.05, 3.63) is 107 Å². The molecule has 2 aliphatic rings. The standard InChI is InChI=1S/C29H25FN2O5/c1-36-27(34)29(28(35)37-2)18-24(20-12-15-22(30)16-13-20)32(26(33)21-9-4-3-5-10-21)31-23-11-7-6-8-19(23)14-17-25(29)31/h3-17,24-25H,18H2,1-2H3/t24-,25+/m0/s1. The zero-order valence-electron chi connectivity index (χ0n) is 20.3. The van der Waals surface area contributed by atoms with Gasteiger partial charge in [0.2, 0.25) is 0 Å². The van der Waals surface area contributed by atoms with Gasteiger partial charge in [0.1, 0.15) is 5.82 Å². The van der Waals surface area contributed by atoms with E-state index in [0.717, 1.165) is 5.56 Å². The van der Waals surface area contributed by atoms with Gasteiger partial charge in [-0.3, -0.25) is 19.4 Å². The minimum Gasteiger partial charge on any atom is -0.468 e. The van der Waals surface area contributed by atoms with E-state index in [1.807, 2.05) is 36.4 Å². The van der Waals surface area contributed by atoms with Gasteiger partial charge in [-0.05, 0) is 41.5 Å². The largest absolute Gasteiger partial charge is 0.468 e. The molecule has 0 aromatic heterocycles. The Kier molecular flexibility index (Phi) is 6.25. The highest BCUT2D eigenvalue weighted by molar-refractivity contribution is 6.04. The first-order valence-electron chi connectivity index (χ1n) is 11.8. The molecule has 7 nitrogen and oxygen atoms in total. The van der Waals surface area contributed by atoms with E-state index in [9.17, 15) is 18.8 Å². The van der Waals surface area contributed by atoms with Crippen LogP contribution in [-0.2, 0) is 19.1 Å². The molecule has 2 atom stereocenters. The average molecular weight is 501 g/mol. The van der Waals surface area contributed by atoms with Gasteiger partial charge in [-0.1, -0.05) is 60.7 Å². The fraction of sp³-hybridized carbons (Fsp3) is 0.207. The first kappa shape index (κ1) is 24.2. The molecule has 0 aliphatic carbocycles. The summed E-state index contributed by atoms with van der Waals surface area (Å²) in [4.78, 5) is 41.1. The maximum absolute atomic E-state index is 14.2. The molecule has 188 valence electrons. The van der Waals surface area contributed by atoms with Crippen molar-refractivity contribution in [1.82, 2.24) is 5.01 Å². The summed E-state index contributed by atoms with van der Waals surface area (Å²) in [6, 6.07) is 20.0. The number of fused-ring (bicyclic) bond motifs is 3. The Bertz CT molecular complexity index is 1360. The number of para-hydroxylation sites is 1. The molecule has 1 amide bonds. The summed E-state index contributed by atoms with van der Waals surface area (Å²) < 4.78 is 24.3. The van der Waals surface area contributed by atoms with Crippen LogP contribution in [0.5, 0.6) is 0 Å². The van der Waals surface area contributed by atoms with Crippen LogP contribution in [0.15, 0.2) is 84.9 Å². The van der Waals surface area contributed by atoms with E-state index in [1.165, 1.54) is 26.4 Å². The normalized spacial score (nSPS) is 19.4. The van der Waals surface area contributed by atoms with Gasteiger partial charge >= 0.3 is 11.9 Å².